The van der Waals surface area contributed by atoms with Crippen molar-refractivity contribution in [2.75, 3.05) is 13.1 Å². The van der Waals surface area contributed by atoms with Crippen molar-refractivity contribution in [3.63, 3.8) is 0 Å². The lowest BCUT2D eigenvalue weighted by Gasteiger charge is -2.19. The molecular formula is C15H20Cl2N2. The minimum Gasteiger partial charge on any atom is -0.329 e. The summed E-state index contributed by atoms with van der Waals surface area (Å²) in [6.45, 7) is 1.47. The normalized spacial score (nSPS) is 16.5. The summed E-state index contributed by atoms with van der Waals surface area (Å²) in [5.74, 6) is 0. The van der Waals surface area contributed by atoms with Gasteiger partial charge in [0.15, 0.2) is 0 Å². The van der Waals surface area contributed by atoms with Crippen molar-refractivity contribution < 1.29 is 0 Å². The zero-order chi connectivity index (χ0) is 13.7. The molecule has 0 fully saturated rings. The zero-order valence-corrected chi connectivity index (χ0v) is 12.5. The lowest BCUT2D eigenvalue weighted by atomic mass is 10.1. The third-order valence-electron chi connectivity index (χ3n) is 3.55. The summed E-state index contributed by atoms with van der Waals surface area (Å²) in [4.78, 5) is 0. The van der Waals surface area contributed by atoms with Gasteiger partial charge in [-0.25, -0.2) is 0 Å². The fourth-order valence-corrected chi connectivity index (χ4v) is 3.02. The van der Waals surface area contributed by atoms with Crippen LogP contribution in [-0.4, -0.2) is 13.1 Å². The molecule has 0 heterocycles. The fourth-order valence-electron chi connectivity index (χ4n) is 2.48. The average Bonchev–Trinajstić information content (AvgIpc) is 2.89. The molecule has 0 saturated heterocycles. The van der Waals surface area contributed by atoms with Gasteiger partial charge in [0.2, 0.25) is 0 Å². The zero-order valence-electron chi connectivity index (χ0n) is 11.0. The van der Waals surface area contributed by atoms with E-state index in [4.69, 9.17) is 28.9 Å². The van der Waals surface area contributed by atoms with Gasteiger partial charge in [0.05, 0.1) is 0 Å². The van der Waals surface area contributed by atoms with Crippen LogP contribution in [-0.2, 0) is 0 Å². The Morgan fingerprint density at radius 1 is 1.32 bits per heavy atom. The number of allylic oxidation sites excluding steroid dienone is 1. The first kappa shape index (κ1) is 14.9. The summed E-state index contributed by atoms with van der Waals surface area (Å²) in [5, 5.41) is 4.81. The van der Waals surface area contributed by atoms with Gasteiger partial charge in [0, 0.05) is 22.6 Å². The second kappa shape index (κ2) is 7.30. The maximum absolute atomic E-state index is 6.22. The molecule has 0 bridgehead atoms. The molecule has 2 nitrogen and oxygen atoms in total. The summed E-state index contributed by atoms with van der Waals surface area (Å²) in [5.41, 5.74) is 8.42. The number of nitrogens with two attached hydrogens (primary N) is 1. The SMILES string of the molecule is NCC(NCCC1=CCCC1)c1ccc(Cl)cc1Cl. The minimum atomic E-state index is 0.0896. The number of benzene rings is 1. The molecule has 0 radical (unpaired) electrons. The molecule has 0 aromatic heterocycles. The van der Waals surface area contributed by atoms with E-state index in [-0.39, 0.29) is 6.04 Å². The van der Waals surface area contributed by atoms with Gasteiger partial charge >= 0.3 is 0 Å². The third kappa shape index (κ3) is 4.22. The molecule has 104 valence electrons. The largest absolute Gasteiger partial charge is 0.329 e. The summed E-state index contributed by atoms with van der Waals surface area (Å²) >= 11 is 12.1. The van der Waals surface area contributed by atoms with E-state index in [0.29, 0.717) is 16.6 Å². The molecule has 0 aliphatic heterocycles. The van der Waals surface area contributed by atoms with Crippen molar-refractivity contribution in [1.29, 1.82) is 0 Å². The van der Waals surface area contributed by atoms with Crippen LogP contribution in [0, 0.1) is 0 Å². The first-order valence-corrected chi connectivity index (χ1v) is 7.52. The van der Waals surface area contributed by atoms with Crippen LogP contribution < -0.4 is 11.1 Å². The monoisotopic (exact) mass is 298 g/mol. The number of rotatable bonds is 6. The van der Waals surface area contributed by atoms with Crippen molar-refractivity contribution in [3.8, 4) is 0 Å². The molecule has 2 rings (SSSR count). The van der Waals surface area contributed by atoms with Crippen molar-refractivity contribution >= 4 is 23.2 Å². The van der Waals surface area contributed by atoms with E-state index in [1.165, 1.54) is 19.3 Å². The van der Waals surface area contributed by atoms with Gasteiger partial charge in [-0.1, -0.05) is 40.9 Å². The summed E-state index contributed by atoms with van der Waals surface area (Å²) in [6, 6.07) is 5.66. The summed E-state index contributed by atoms with van der Waals surface area (Å²) in [6.07, 6.45) is 7.24. The number of hydrogen-bond donors (Lipinski definition) is 2. The number of nitrogens with one attached hydrogen (secondary N) is 1. The van der Waals surface area contributed by atoms with E-state index >= 15 is 0 Å². The first-order chi connectivity index (χ1) is 9.20. The molecule has 0 amide bonds. The summed E-state index contributed by atoms with van der Waals surface area (Å²) < 4.78 is 0. The average molecular weight is 299 g/mol. The van der Waals surface area contributed by atoms with Gasteiger partial charge in [-0.05, 0) is 49.9 Å². The van der Waals surface area contributed by atoms with Crippen molar-refractivity contribution in [2.24, 2.45) is 5.73 Å². The van der Waals surface area contributed by atoms with Gasteiger partial charge < -0.3 is 11.1 Å². The highest BCUT2D eigenvalue weighted by molar-refractivity contribution is 6.35. The van der Waals surface area contributed by atoms with E-state index in [0.717, 1.165) is 18.5 Å². The Bertz CT molecular complexity index is 457. The van der Waals surface area contributed by atoms with Crippen LogP contribution >= 0.6 is 23.2 Å². The molecule has 1 aromatic carbocycles. The van der Waals surface area contributed by atoms with Gasteiger partial charge in [0.1, 0.15) is 0 Å². The Labute approximate surface area is 125 Å². The maximum Gasteiger partial charge on any atom is 0.0469 e. The van der Waals surface area contributed by atoms with Crippen LogP contribution in [0.15, 0.2) is 29.8 Å². The van der Waals surface area contributed by atoms with Gasteiger partial charge in [-0.15, -0.1) is 0 Å². The predicted octanol–water partition coefficient (Wildman–Crippen LogP) is 4.08. The second-order valence-electron chi connectivity index (χ2n) is 4.91. The van der Waals surface area contributed by atoms with Crippen molar-refractivity contribution in [2.45, 2.75) is 31.7 Å². The molecule has 1 aliphatic carbocycles. The van der Waals surface area contributed by atoms with Gasteiger partial charge in [-0.3, -0.25) is 0 Å². The Morgan fingerprint density at radius 3 is 2.79 bits per heavy atom. The fraction of sp³-hybridized carbons (Fsp3) is 0.467. The highest BCUT2D eigenvalue weighted by Gasteiger charge is 2.13. The minimum absolute atomic E-state index is 0.0896. The lowest BCUT2D eigenvalue weighted by Crippen LogP contribution is -2.29. The van der Waals surface area contributed by atoms with Crippen LogP contribution in [0.5, 0.6) is 0 Å². The number of hydrogen-bond acceptors (Lipinski definition) is 2. The summed E-state index contributed by atoms with van der Waals surface area (Å²) in [7, 11) is 0. The Hall–Kier alpha value is -0.540. The third-order valence-corrected chi connectivity index (χ3v) is 4.11. The van der Waals surface area contributed by atoms with E-state index in [1.54, 1.807) is 11.6 Å². The van der Waals surface area contributed by atoms with Crippen LogP contribution in [0.2, 0.25) is 10.0 Å². The van der Waals surface area contributed by atoms with Crippen LogP contribution in [0.1, 0.15) is 37.3 Å². The van der Waals surface area contributed by atoms with E-state index in [2.05, 4.69) is 11.4 Å². The predicted molar refractivity (Wildman–Crippen MR) is 82.8 cm³/mol. The van der Waals surface area contributed by atoms with Crippen molar-refractivity contribution in [3.05, 3.63) is 45.5 Å². The first-order valence-electron chi connectivity index (χ1n) is 6.77. The molecule has 0 saturated carbocycles. The van der Waals surface area contributed by atoms with E-state index in [1.807, 2.05) is 12.1 Å². The Morgan fingerprint density at radius 2 is 2.16 bits per heavy atom. The molecule has 3 N–H and O–H groups in total. The molecule has 19 heavy (non-hydrogen) atoms. The standard InChI is InChI=1S/C15H20Cl2N2/c16-12-5-6-13(14(17)9-12)15(10-18)19-8-7-11-3-1-2-4-11/h3,5-6,9,15,19H,1-2,4,7-8,10,18H2. The van der Waals surface area contributed by atoms with E-state index < -0.39 is 0 Å². The molecular weight excluding hydrogens is 279 g/mol. The highest BCUT2D eigenvalue weighted by atomic mass is 35.5. The molecule has 0 spiro atoms. The van der Waals surface area contributed by atoms with Crippen LogP contribution in [0.4, 0.5) is 0 Å². The highest BCUT2D eigenvalue weighted by Crippen LogP contribution is 2.26. The lowest BCUT2D eigenvalue weighted by molar-refractivity contribution is 0.542. The molecule has 4 heteroatoms. The molecule has 1 atom stereocenters. The van der Waals surface area contributed by atoms with Gasteiger partial charge in [0.25, 0.3) is 0 Å². The quantitative estimate of drug-likeness (QED) is 0.777. The van der Waals surface area contributed by atoms with Gasteiger partial charge in [-0.2, -0.15) is 0 Å². The Kier molecular flexibility index (Phi) is 5.71. The molecule has 1 unspecified atom stereocenters. The maximum atomic E-state index is 6.22. The topological polar surface area (TPSA) is 38.0 Å². The molecule has 1 aromatic rings. The van der Waals surface area contributed by atoms with E-state index in [9.17, 15) is 0 Å². The van der Waals surface area contributed by atoms with Crippen LogP contribution in [0.3, 0.4) is 0 Å². The Balaban J connectivity index is 1.91. The second-order valence-corrected chi connectivity index (χ2v) is 5.76. The molecule has 1 aliphatic rings. The smallest absolute Gasteiger partial charge is 0.0469 e. The van der Waals surface area contributed by atoms with Crippen molar-refractivity contribution in [1.82, 2.24) is 5.32 Å². The van der Waals surface area contributed by atoms with Crippen LogP contribution in [0.25, 0.3) is 0 Å². The number of halogens is 2.